The van der Waals surface area contributed by atoms with Gasteiger partial charge in [-0.15, -0.1) is 0 Å². The quantitative estimate of drug-likeness (QED) is 0.860. The lowest BCUT2D eigenvalue weighted by Gasteiger charge is -2.36. The van der Waals surface area contributed by atoms with E-state index in [0.717, 1.165) is 6.54 Å². The SMILES string of the molecule is CN[C@@H](c1ccccc1)[C@@H](C)CN(C)C(C)(C)C. The normalized spacial score (nSPS) is 15.7. The lowest BCUT2D eigenvalue weighted by atomic mass is 9.93. The highest BCUT2D eigenvalue weighted by molar-refractivity contribution is 5.19. The maximum atomic E-state index is 3.45. The highest BCUT2D eigenvalue weighted by Gasteiger charge is 2.23. The fourth-order valence-corrected chi connectivity index (χ4v) is 2.25. The van der Waals surface area contributed by atoms with Gasteiger partial charge in [0.05, 0.1) is 0 Å². The van der Waals surface area contributed by atoms with Gasteiger partial charge in [-0.25, -0.2) is 0 Å². The number of benzene rings is 1. The van der Waals surface area contributed by atoms with Crippen molar-refractivity contribution < 1.29 is 0 Å². The second kappa shape index (κ2) is 6.35. The summed E-state index contributed by atoms with van der Waals surface area (Å²) in [5.41, 5.74) is 1.60. The Labute approximate surface area is 112 Å². The first kappa shape index (κ1) is 15.2. The molecule has 1 N–H and O–H groups in total. The Morgan fingerprint density at radius 3 is 2.17 bits per heavy atom. The average Bonchev–Trinajstić information content (AvgIpc) is 2.30. The van der Waals surface area contributed by atoms with Gasteiger partial charge in [-0.1, -0.05) is 37.3 Å². The van der Waals surface area contributed by atoms with Crippen molar-refractivity contribution >= 4 is 0 Å². The van der Waals surface area contributed by atoms with E-state index >= 15 is 0 Å². The van der Waals surface area contributed by atoms with Crippen molar-refractivity contribution in [1.29, 1.82) is 0 Å². The van der Waals surface area contributed by atoms with E-state index in [1.165, 1.54) is 5.56 Å². The summed E-state index contributed by atoms with van der Waals surface area (Å²) in [7, 11) is 4.25. The van der Waals surface area contributed by atoms with Crippen LogP contribution in [0.1, 0.15) is 39.3 Å². The first-order chi connectivity index (χ1) is 8.36. The molecule has 0 bridgehead atoms. The Kier molecular flexibility index (Phi) is 5.36. The van der Waals surface area contributed by atoms with Gasteiger partial charge in [-0.2, -0.15) is 0 Å². The molecular formula is C16H28N2. The van der Waals surface area contributed by atoms with Crippen LogP contribution in [0.4, 0.5) is 0 Å². The molecule has 0 aromatic heterocycles. The van der Waals surface area contributed by atoms with Crippen LogP contribution in [-0.4, -0.2) is 31.1 Å². The molecule has 2 atom stereocenters. The number of hydrogen-bond acceptors (Lipinski definition) is 2. The van der Waals surface area contributed by atoms with Gasteiger partial charge >= 0.3 is 0 Å². The molecule has 0 saturated carbocycles. The number of rotatable bonds is 5. The molecule has 0 aliphatic heterocycles. The average molecular weight is 248 g/mol. The van der Waals surface area contributed by atoms with Crippen molar-refractivity contribution in [2.75, 3.05) is 20.6 Å². The fraction of sp³-hybridized carbons (Fsp3) is 0.625. The second-order valence-corrected chi connectivity index (χ2v) is 6.21. The Morgan fingerprint density at radius 2 is 1.72 bits per heavy atom. The molecule has 0 aliphatic rings. The Morgan fingerprint density at radius 1 is 1.17 bits per heavy atom. The third-order valence-corrected chi connectivity index (χ3v) is 3.75. The van der Waals surface area contributed by atoms with Crippen LogP contribution in [0.2, 0.25) is 0 Å². The molecule has 0 aliphatic carbocycles. The molecule has 0 unspecified atom stereocenters. The molecule has 1 rings (SSSR count). The fourth-order valence-electron chi connectivity index (χ4n) is 2.25. The predicted molar refractivity (Wildman–Crippen MR) is 79.8 cm³/mol. The van der Waals surface area contributed by atoms with Crippen LogP contribution >= 0.6 is 0 Å². The molecular weight excluding hydrogens is 220 g/mol. The van der Waals surface area contributed by atoms with Gasteiger partial charge in [0.15, 0.2) is 0 Å². The zero-order chi connectivity index (χ0) is 13.8. The van der Waals surface area contributed by atoms with Crippen LogP contribution in [0.3, 0.4) is 0 Å². The monoisotopic (exact) mass is 248 g/mol. The highest BCUT2D eigenvalue weighted by Crippen LogP contribution is 2.24. The maximum Gasteiger partial charge on any atom is 0.0355 e. The van der Waals surface area contributed by atoms with E-state index < -0.39 is 0 Å². The highest BCUT2D eigenvalue weighted by atomic mass is 15.2. The topological polar surface area (TPSA) is 15.3 Å². The van der Waals surface area contributed by atoms with Crippen molar-refractivity contribution in [3.05, 3.63) is 35.9 Å². The molecule has 0 fully saturated rings. The maximum absolute atomic E-state index is 3.45. The van der Waals surface area contributed by atoms with Crippen LogP contribution in [0.5, 0.6) is 0 Å². The summed E-state index contributed by atoms with van der Waals surface area (Å²) in [5.74, 6) is 0.571. The standard InChI is InChI=1S/C16H28N2/c1-13(12-18(6)16(2,3)4)15(17-5)14-10-8-7-9-11-14/h7-11,13,15,17H,12H2,1-6H3/t13-,15+/m0/s1. The molecule has 0 spiro atoms. The summed E-state index contributed by atoms with van der Waals surface area (Å²) in [6.07, 6.45) is 0. The molecule has 0 amide bonds. The molecule has 2 heteroatoms. The van der Waals surface area contributed by atoms with Crippen molar-refractivity contribution in [3.63, 3.8) is 0 Å². The summed E-state index contributed by atoms with van der Waals surface area (Å²) in [6, 6.07) is 11.1. The number of nitrogens with zero attached hydrogens (tertiary/aromatic N) is 1. The van der Waals surface area contributed by atoms with Crippen LogP contribution in [0.15, 0.2) is 30.3 Å². The van der Waals surface area contributed by atoms with Gasteiger partial charge in [0.25, 0.3) is 0 Å². The van der Waals surface area contributed by atoms with Crippen LogP contribution < -0.4 is 5.32 Å². The predicted octanol–water partition coefficient (Wildman–Crippen LogP) is 3.31. The van der Waals surface area contributed by atoms with Crippen molar-refractivity contribution in [2.45, 2.75) is 39.3 Å². The van der Waals surface area contributed by atoms with Crippen molar-refractivity contribution in [1.82, 2.24) is 10.2 Å². The molecule has 2 nitrogen and oxygen atoms in total. The number of nitrogens with one attached hydrogen (secondary N) is 1. The van der Waals surface area contributed by atoms with E-state index in [4.69, 9.17) is 0 Å². The van der Waals surface area contributed by atoms with Gasteiger partial charge in [0.1, 0.15) is 0 Å². The minimum Gasteiger partial charge on any atom is -0.313 e. The zero-order valence-electron chi connectivity index (χ0n) is 12.7. The third kappa shape index (κ3) is 4.11. The van der Waals surface area contributed by atoms with Gasteiger partial charge in [0, 0.05) is 18.1 Å². The second-order valence-electron chi connectivity index (χ2n) is 6.21. The lowest BCUT2D eigenvalue weighted by Crippen LogP contribution is -2.42. The molecule has 1 aromatic carbocycles. The van der Waals surface area contributed by atoms with Crippen LogP contribution in [0.25, 0.3) is 0 Å². The minimum atomic E-state index is 0.225. The lowest BCUT2D eigenvalue weighted by molar-refractivity contribution is 0.140. The largest absolute Gasteiger partial charge is 0.313 e. The third-order valence-electron chi connectivity index (χ3n) is 3.75. The molecule has 0 radical (unpaired) electrons. The smallest absolute Gasteiger partial charge is 0.0355 e. The number of hydrogen-bond donors (Lipinski definition) is 1. The first-order valence-corrected chi connectivity index (χ1v) is 6.79. The minimum absolute atomic E-state index is 0.225. The molecule has 18 heavy (non-hydrogen) atoms. The van der Waals surface area contributed by atoms with E-state index in [1.54, 1.807) is 0 Å². The van der Waals surface area contributed by atoms with Gasteiger partial charge in [-0.05, 0) is 46.3 Å². The molecule has 0 heterocycles. The van der Waals surface area contributed by atoms with E-state index in [0.29, 0.717) is 12.0 Å². The van der Waals surface area contributed by atoms with Gasteiger partial charge in [0.2, 0.25) is 0 Å². The summed E-state index contributed by atoms with van der Waals surface area (Å²) < 4.78 is 0. The van der Waals surface area contributed by atoms with E-state index in [-0.39, 0.29) is 5.54 Å². The van der Waals surface area contributed by atoms with Crippen LogP contribution in [0, 0.1) is 5.92 Å². The van der Waals surface area contributed by atoms with E-state index in [2.05, 4.69) is 75.3 Å². The molecule has 0 saturated heterocycles. The summed E-state index contributed by atoms with van der Waals surface area (Å²) in [4.78, 5) is 2.42. The summed E-state index contributed by atoms with van der Waals surface area (Å²) >= 11 is 0. The van der Waals surface area contributed by atoms with Gasteiger partial charge in [-0.3, -0.25) is 0 Å². The zero-order valence-corrected chi connectivity index (χ0v) is 12.7. The first-order valence-electron chi connectivity index (χ1n) is 6.79. The van der Waals surface area contributed by atoms with E-state index in [1.807, 2.05) is 7.05 Å². The van der Waals surface area contributed by atoms with Crippen LogP contribution in [-0.2, 0) is 0 Å². The molecule has 102 valence electrons. The Hall–Kier alpha value is -0.860. The summed E-state index contributed by atoms with van der Waals surface area (Å²) in [5, 5.41) is 3.45. The van der Waals surface area contributed by atoms with Crippen molar-refractivity contribution in [3.8, 4) is 0 Å². The van der Waals surface area contributed by atoms with Crippen molar-refractivity contribution in [2.24, 2.45) is 5.92 Å². The Balaban J connectivity index is 2.72. The summed E-state index contributed by atoms with van der Waals surface area (Å²) in [6.45, 7) is 10.2. The Bertz CT molecular complexity index is 340. The molecule has 1 aromatic rings. The van der Waals surface area contributed by atoms with E-state index in [9.17, 15) is 0 Å². The van der Waals surface area contributed by atoms with Gasteiger partial charge < -0.3 is 10.2 Å².